The lowest BCUT2D eigenvalue weighted by atomic mass is 10.3. The molecule has 1 unspecified atom stereocenters. The van der Waals surface area contributed by atoms with Gasteiger partial charge in [-0.1, -0.05) is 5.16 Å². The van der Waals surface area contributed by atoms with E-state index in [9.17, 15) is 0 Å². The molecule has 1 aliphatic heterocycles. The maximum Gasteiger partial charge on any atom is 0.321 e. The molecule has 2 aliphatic rings. The van der Waals surface area contributed by atoms with Gasteiger partial charge in [-0.3, -0.25) is 0 Å². The van der Waals surface area contributed by atoms with Crippen LogP contribution in [0.4, 0.5) is 6.01 Å². The van der Waals surface area contributed by atoms with E-state index < -0.39 is 0 Å². The van der Waals surface area contributed by atoms with Gasteiger partial charge >= 0.3 is 6.01 Å². The molecule has 0 amide bonds. The average molecular weight is 211 g/mol. The SMILES string of the molecule is C1COC(c2noc(NC3CC3)n2)CO1. The summed E-state index contributed by atoms with van der Waals surface area (Å²) in [6.07, 6.45) is 2.18. The number of ether oxygens (including phenoxy) is 2. The molecular weight excluding hydrogens is 198 g/mol. The smallest absolute Gasteiger partial charge is 0.321 e. The minimum absolute atomic E-state index is 0.183. The second-order valence-corrected chi connectivity index (χ2v) is 3.81. The van der Waals surface area contributed by atoms with Crippen LogP contribution in [-0.2, 0) is 9.47 Å². The molecular formula is C9H13N3O3. The zero-order valence-electron chi connectivity index (χ0n) is 8.31. The summed E-state index contributed by atoms with van der Waals surface area (Å²) >= 11 is 0. The molecule has 1 aromatic rings. The van der Waals surface area contributed by atoms with E-state index in [1.165, 1.54) is 12.8 Å². The fourth-order valence-corrected chi connectivity index (χ4v) is 1.46. The lowest BCUT2D eigenvalue weighted by molar-refractivity contribution is -0.0941. The van der Waals surface area contributed by atoms with E-state index in [1.807, 2.05) is 0 Å². The van der Waals surface area contributed by atoms with Gasteiger partial charge in [0.15, 0.2) is 0 Å². The topological polar surface area (TPSA) is 69.4 Å². The molecule has 1 N–H and O–H groups in total. The zero-order valence-corrected chi connectivity index (χ0v) is 8.31. The van der Waals surface area contributed by atoms with Gasteiger partial charge in [0.2, 0.25) is 5.82 Å². The summed E-state index contributed by atoms with van der Waals surface area (Å²) in [6, 6.07) is 1.00. The number of anilines is 1. The van der Waals surface area contributed by atoms with E-state index in [0.29, 0.717) is 37.7 Å². The number of nitrogens with zero attached hydrogens (tertiary/aromatic N) is 2. The highest BCUT2D eigenvalue weighted by atomic mass is 16.6. The van der Waals surface area contributed by atoms with E-state index in [-0.39, 0.29) is 6.10 Å². The van der Waals surface area contributed by atoms with Crippen molar-refractivity contribution in [1.82, 2.24) is 10.1 Å². The Labute approximate surface area is 86.9 Å². The molecule has 1 aromatic heterocycles. The Bertz CT molecular complexity index is 331. The molecule has 3 rings (SSSR count). The molecule has 1 aliphatic carbocycles. The van der Waals surface area contributed by atoms with E-state index in [4.69, 9.17) is 14.0 Å². The monoisotopic (exact) mass is 211 g/mol. The third kappa shape index (κ3) is 2.10. The first kappa shape index (κ1) is 9.11. The van der Waals surface area contributed by atoms with Crippen LogP contribution >= 0.6 is 0 Å². The Hall–Kier alpha value is -1.14. The zero-order chi connectivity index (χ0) is 10.1. The van der Waals surface area contributed by atoms with Crippen molar-refractivity contribution in [2.45, 2.75) is 25.0 Å². The van der Waals surface area contributed by atoms with Gasteiger partial charge in [-0.15, -0.1) is 0 Å². The van der Waals surface area contributed by atoms with Crippen LogP contribution in [0.5, 0.6) is 0 Å². The average Bonchev–Trinajstić information content (AvgIpc) is 2.96. The Morgan fingerprint density at radius 1 is 1.27 bits per heavy atom. The molecule has 82 valence electrons. The first-order chi connectivity index (χ1) is 7.42. The molecule has 1 saturated carbocycles. The van der Waals surface area contributed by atoms with Gasteiger partial charge in [0, 0.05) is 6.04 Å². The fourth-order valence-electron chi connectivity index (χ4n) is 1.46. The fraction of sp³-hybridized carbons (Fsp3) is 0.778. The third-order valence-electron chi connectivity index (χ3n) is 2.45. The summed E-state index contributed by atoms with van der Waals surface area (Å²) in [5.74, 6) is 0.567. The maximum atomic E-state index is 5.46. The molecule has 0 radical (unpaired) electrons. The molecule has 6 nitrogen and oxygen atoms in total. The van der Waals surface area contributed by atoms with Crippen LogP contribution in [-0.4, -0.2) is 36.0 Å². The first-order valence-electron chi connectivity index (χ1n) is 5.21. The van der Waals surface area contributed by atoms with Crippen LogP contribution in [0.2, 0.25) is 0 Å². The Morgan fingerprint density at radius 2 is 2.20 bits per heavy atom. The van der Waals surface area contributed by atoms with Crippen molar-refractivity contribution in [2.24, 2.45) is 0 Å². The van der Waals surface area contributed by atoms with Gasteiger partial charge in [0.05, 0.1) is 19.8 Å². The molecule has 1 saturated heterocycles. The number of rotatable bonds is 3. The number of nitrogens with one attached hydrogen (secondary N) is 1. The highest BCUT2D eigenvalue weighted by molar-refractivity contribution is 5.23. The van der Waals surface area contributed by atoms with Crippen LogP contribution in [0.1, 0.15) is 24.8 Å². The highest BCUT2D eigenvalue weighted by Crippen LogP contribution is 2.25. The van der Waals surface area contributed by atoms with E-state index in [0.717, 1.165) is 0 Å². The van der Waals surface area contributed by atoms with Crippen LogP contribution in [0.15, 0.2) is 4.52 Å². The van der Waals surface area contributed by atoms with Gasteiger partial charge in [-0.05, 0) is 12.8 Å². The van der Waals surface area contributed by atoms with Gasteiger partial charge in [0.1, 0.15) is 6.10 Å². The number of aromatic nitrogens is 2. The summed E-state index contributed by atoms with van der Waals surface area (Å²) in [4.78, 5) is 4.22. The van der Waals surface area contributed by atoms with E-state index >= 15 is 0 Å². The normalized spacial score (nSPS) is 26.5. The predicted octanol–water partition coefficient (Wildman–Crippen LogP) is 0.732. The minimum atomic E-state index is -0.183. The van der Waals surface area contributed by atoms with Crippen LogP contribution in [0.25, 0.3) is 0 Å². The summed E-state index contributed by atoms with van der Waals surface area (Å²) < 4.78 is 15.8. The highest BCUT2D eigenvalue weighted by Gasteiger charge is 2.26. The molecule has 2 fully saturated rings. The van der Waals surface area contributed by atoms with Crippen molar-refractivity contribution in [3.05, 3.63) is 5.82 Å². The predicted molar refractivity (Wildman–Crippen MR) is 50.5 cm³/mol. The van der Waals surface area contributed by atoms with E-state index in [1.54, 1.807) is 0 Å². The lowest BCUT2D eigenvalue weighted by Gasteiger charge is -2.19. The summed E-state index contributed by atoms with van der Waals surface area (Å²) in [5, 5.41) is 7.01. The van der Waals surface area contributed by atoms with Crippen molar-refractivity contribution >= 4 is 6.01 Å². The van der Waals surface area contributed by atoms with Crippen molar-refractivity contribution in [2.75, 3.05) is 25.1 Å². The largest absolute Gasteiger partial charge is 0.376 e. The van der Waals surface area contributed by atoms with Crippen molar-refractivity contribution < 1.29 is 14.0 Å². The first-order valence-corrected chi connectivity index (χ1v) is 5.21. The Kier molecular flexibility index (Phi) is 2.30. The number of hydrogen-bond donors (Lipinski definition) is 1. The third-order valence-corrected chi connectivity index (χ3v) is 2.45. The lowest BCUT2D eigenvalue weighted by Crippen LogP contribution is -2.22. The van der Waals surface area contributed by atoms with Gasteiger partial charge in [-0.25, -0.2) is 0 Å². The van der Waals surface area contributed by atoms with Crippen LogP contribution in [0, 0.1) is 0 Å². The Balaban J connectivity index is 1.65. The molecule has 0 aromatic carbocycles. The number of hydrogen-bond acceptors (Lipinski definition) is 6. The minimum Gasteiger partial charge on any atom is -0.376 e. The van der Waals surface area contributed by atoms with Gasteiger partial charge in [-0.2, -0.15) is 4.98 Å². The second kappa shape index (κ2) is 3.79. The van der Waals surface area contributed by atoms with Crippen molar-refractivity contribution in [3.8, 4) is 0 Å². The van der Waals surface area contributed by atoms with Crippen molar-refractivity contribution in [3.63, 3.8) is 0 Å². The molecule has 1 atom stereocenters. The maximum absolute atomic E-state index is 5.46. The van der Waals surface area contributed by atoms with Crippen LogP contribution < -0.4 is 5.32 Å². The van der Waals surface area contributed by atoms with Crippen molar-refractivity contribution in [1.29, 1.82) is 0 Å². The van der Waals surface area contributed by atoms with E-state index in [2.05, 4.69) is 15.5 Å². The summed E-state index contributed by atoms with van der Waals surface area (Å²) in [7, 11) is 0. The molecule has 0 bridgehead atoms. The molecule has 6 heteroatoms. The second-order valence-electron chi connectivity index (χ2n) is 3.81. The Morgan fingerprint density at radius 3 is 2.93 bits per heavy atom. The molecule has 2 heterocycles. The molecule has 0 spiro atoms. The molecule has 15 heavy (non-hydrogen) atoms. The van der Waals surface area contributed by atoms with Gasteiger partial charge in [0.25, 0.3) is 0 Å². The summed E-state index contributed by atoms with van der Waals surface area (Å²) in [5.41, 5.74) is 0. The quantitative estimate of drug-likeness (QED) is 0.794. The van der Waals surface area contributed by atoms with Crippen LogP contribution in [0.3, 0.4) is 0 Å². The van der Waals surface area contributed by atoms with Gasteiger partial charge < -0.3 is 19.3 Å². The summed E-state index contributed by atoms with van der Waals surface area (Å²) in [6.45, 7) is 1.73. The standard InChI is InChI=1S/C9H13N3O3/c1-2-6(1)10-9-11-8(12-15-9)7-5-13-3-4-14-7/h6-7H,1-5H2,(H,10,11,12).